The number of nitrogens with two attached hydrogens (primary N) is 1. The summed E-state index contributed by atoms with van der Waals surface area (Å²) in [6, 6.07) is 7.16. The highest BCUT2D eigenvalue weighted by Crippen LogP contribution is 2.27. The topological polar surface area (TPSA) is 132 Å². The van der Waals surface area contributed by atoms with Gasteiger partial charge in [0.25, 0.3) is 0 Å². The molecular formula is C23H28N7O4S-. The van der Waals surface area contributed by atoms with Crippen molar-refractivity contribution in [1.82, 2.24) is 24.2 Å². The Hall–Kier alpha value is -2.90. The molecular weight excluding hydrogens is 470 g/mol. The first-order chi connectivity index (χ1) is 17.0. The molecule has 2 aliphatic heterocycles. The third-order valence-electron chi connectivity index (χ3n) is 6.36. The Morgan fingerprint density at radius 3 is 2.51 bits per heavy atom. The highest BCUT2D eigenvalue weighted by atomic mass is 32.2. The van der Waals surface area contributed by atoms with Crippen LogP contribution in [0.25, 0.3) is 16.9 Å². The van der Waals surface area contributed by atoms with E-state index in [0.717, 1.165) is 54.6 Å². The van der Waals surface area contributed by atoms with Crippen LogP contribution in [-0.2, 0) is 22.4 Å². The van der Waals surface area contributed by atoms with Gasteiger partial charge in [-0.1, -0.05) is 12.1 Å². The molecule has 2 aromatic heterocycles. The molecule has 5 rings (SSSR count). The fourth-order valence-corrected chi connectivity index (χ4v) is 5.08. The number of benzene rings is 1. The summed E-state index contributed by atoms with van der Waals surface area (Å²) in [6.07, 6.45) is 3.94. The average Bonchev–Trinajstić information content (AvgIpc) is 3.27. The van der Waals surface area contributed by atoms with Crippen LogP contribution in [-0.4, -0.2) is 97.2 Å². The minimum Gasteiger partial charge on any atom is -0.771 e. The summed E-state index contributed by atoms with van der Waals surface area (Å²) >= 11 is -2.06. The predicted octanol–water partition coefficient (Wildman–Crippen LogP) is 0.286. The molecule has 1 unspecified atom stereocenters. The van der Waals surface area contributed by atoms with Crippen LogP contribution in [0, 0.1) is 0 Å². The van der Waals surface area contributed by atoms with E-state index in [2.05, 4.69) is 9.80 Å². The van der Waals surface area contributed by atoms with Crippen LogP contribution in [0.3, 0.4) is 0 Å². The van der Waals surface area contributed by atoms with Crippen molar-refractivity contribution in [2.24, 2.45) is 5.73 Å². The summed E-state index contributed by atoms with van der Waals surface area (Å²) in [7, 11) is 0. The molecule has 1 aromatic carbocycles. The number of fused-ring (bicyclic) bond motifs is 1. The Labute approximate surface area is 205 Å². The van der Waals surface area contributed by atoms with Crippen molar-refractivity contribution in [3.8, 4) is 11.3 Å². The number of amides is 1. The molecule has 1 atom stereocenters. The normalized spacial score (nSPS) is 18.7. The largest absolute Gasteiger partial charge is 0.771 e. The summed E-state index contributed by atoms with van der Waals surface area (Å²) in [5, 5.41) is 0. The number of morpholine rings is 1. The lowest BCUT2D eigenvalue weighted by Crippen LogP contribution is -2.46. The Balaban J connectivity index is 1.44. The van der Waals surface area contributed by atoms with Gasteiger partial charge in [0, 0.05) is 69.3 Å². The molecule has 2 N–H and O–H groups in total. The summed E-state index contributed by atoms with van der Waals surface area (Å²) in [4.78, 5) is 28.0. The van der Waals surface area contributed by atoms with Gasteiger partial charge < -0.3 is 24.3 Å². The van der Waals surface area contributed by atoms with E-state index in [9.17, 15) is 13.6 Å². The molecule has 35 heavy (non-hydrogen) atoms. The van der Waals surface area contributed by atoms with Crippen molar-refractivity contribution in [1.29, 1.82) is 0 Å². The Morgan fingerprint density at radius 1 is 1.06 bits per heavy atom. The lowest BCUT2D eigenvalue weighted by Gasteiger charge is -2.34. The molecule has 0 saturated carbocycles. The lowest BCUT2D eigenvalue weighted by atomic mass is 10.1. The number of hydrogen-bond donors (Lipinski definition) is 1. The SMILES string of the molecule is NC(=O)c1cccc(-c2cn3cc(CN4CCN(CS(=O)[O-])CC4)nc3c(N3CCOCC3)n2)c1. The molecule has 12 heteroatoms. The van der Waals surface area contributed by atoms with E-state index in [4.69, 9.17) is 20.4 Å². The van der Waals surface area contributed by atoms with Crippen LogP contribution in [0.1, 0.15) is 16.1 Å². The number of carbonyl (C=O) groups excluding carboxylic acids is 1. The summed E-state index contributed by atoms with van der Waals surface area (Å²) < 4.78 is 29.5. The van der Waals surface area contributed by atoms with Crippen LogP contribution < -0.4 is 10.6 Å². The first-order valence-electron chi connectivity index (χ1n) is 11.6. The zero-order chi connectivity index (χ0) is 24.4. The minimum atomic E-state index is -2.06. The molecule has 11 nitrogen and oxygen atoms in total. The van der Waals surface area contributed by atoms with Crippen LogP contribution in [0.2, 0.25) is 0 Å². The molecule has 3 aromatic rings. The molecule has 0 radical (unpaired) electrons. The van der Waals surface area contributed by atoms with E-state index in [1.807, 2.05) is 27.8 Å². The van der Waals surface area contributed by atoms with Crippen molar-refractivity contribution < 1.29 is 18.3 Å². The van der Waals surface area contributed by atoms with Crippen LogP contribution in [0.5, 0.6) is 0 Å². The average molecular weight is 499 g/mol. The summed E-state index contributed by atoms with van der Waals surface area (Å²) in [5.74, 6) is 0.383. The summed E-state index contributed by atoms with van der Waals surface area (Å²) in [6.45, 7) is 6.35. The maximum atomic E-state index is 11.7. The molecule has 0 bridgehead atoms. The number of nitrogens with zero attached hydrogens (tertiary/aromatic N) is 6. The van der Waals surface area contributed by atoms with Crippen molar-refractivity contribution >= 4 is 28.5 Å². The standard InChI is InChI=1S/C23H29N7O4S/c24-21(31)18-3-1-2-17(12-18)20-15-30-14-19(13-27-4-6-28(7-5-27)16-35(32)33)25-22(30)23(26-20)29-8-10-34-11-9-29/h1-3,12,14-15H,4-11,13,16H2,(H2,24,31)(H,32,33)/p-1. The number of primary amides is 1. The van der Waals surface area contributed by atoms with Gasteiger partial charge in [0.2, 0.25) is 5.91 Å². The molecule has 2 fully saturated rings. The number of anilines is 1. The van der Waals surface area contributed by atoms with Gasteiger partial charge in [0.05, 0.1) is 30.5 Å². The second-order valence-corrected chi connectivity index (χ2v) is 9.65. The van der Waals surface area contributed by atoms with Crippen molar-refractivity contribution in [2.45, 2.75) is 6.54 Å². The molecule has 186 valence electrons. The number of rotatable bonds is 7. The molecule has 2 aliphatic rings. The van der Waals surface area contributed by atoms with Gasteiger partial charge in [-0.2, -0.15) is 0 Å². The minimum absolute atomic E-state index is 0.0799. The third kappa shape index (κ3) is 5.52. The van der Waals surface area contributed by atoms with E-state index >= 15 is 0 Å². The van der Waals surface area contributed by atoms with E-state index < -0.39 is 17.0 Å². The second kappa shape index (κ2) is 10.4. The van der Waals surface area contributed by atoms with Crippen LogP contribution >= 0.6 is 0 Å². The molecule has 1 amide bonds. The van der Waals surface area contributed by atoms with Gasteiger partial charge in [0.1, 0.15) is 0 Å². The number of aromatic nitrogens is 3. The highest BCUT2D eigenvalue weighted by molar-refractivity contribution is 7.79. The van der Waals surface area contributed by atoms with E-state index in [-0.39, 0.29) is 5.88 Å². The van der Waals surface area contributed by atoms with Gasteiger partial charge in [0.15, 0.2) is 11.5 Å². The van der Waals surface area contributed by atoms with Gasteiger partial charge in [-0.25, -0.2) is 9.97 Å². The van der Waals surface area contributed by atoms with Crippen molar-refractivity contribution in [3.63, 3.8) is 0 Å². The number of piperazine rings is 1. The highest BCUT2D eigenvalue weighted by Gasteiger charge is 2.22. The monoisotopic (exact) mass is 498 g/mol. The second-order valence-electron chi connectivity index (χ2n) is 8.78. The zero-order valence-electron chi connectivity index (χ0n) is 19.3. The predicted molar refractivity (Wildman–Crippen MR) is 131 cm³/mol. The molecule has 2 saturated heterocycles. The fraction of sp³-hybridized carbons (Fsp3) is 0.435. The van der Waals surface area contributed by atoms with Gasteiger partial charge in [-0.05, 0) is 23.2 Å². The van der Waals surface area contributed by atoms with E-state index in [1.165, 1.54) is 0 Å². The summed E-state index contributed by atoms with van der Waals surface area (Å²) in [5.41, 5.74) is 9.15. The maximum absolute atomic E-state index is 11.7. The van der Waals surface area contributed by atoms with Gasteiger partial charge >= 0.3 is 0 Å². The fourth-order valence-electron chi connectivity index (χ4n) is 4.52. The Morgan fingerprint density at radius 2 is 1.80 bits per heavy atom. The van der Waals surface area contributed by atoms with Gasteiger partial charge in [-0.3, -0.25) is 18.8 Å². The molecule has 0 spiro atoms. The van der Waals surface area contributed by atoms with Crippen LogP contribution in [0.4, 0.5) is 5.82 Å². The number of imidazole rings is 1. The van der Waals surface area contributed by atoms with E-state index in [1.54, 1.807) is 18.2 Å². The first-order valence-corrected chi connectivity index (χ1v) is 12.8. The first kappa shape index (κ1) is 23.8. The van der Waals surface area contributed by atoms with Crippen molar-refractivity contribution in [2.75, 3.05) is 63.3 Å². The van der Waals surface area contributed by atoms with Crippen LogP contribution in [0.15, 0.2) is 36.7 Å². The maximum Gasteiger partial charge on any atom is 0.248 e. The van der Waals surface area contributed by atoms with Crippen molar-refractivity contribution in [3.05, 3.63) is 47.9 Å². The number of hydrogen-bond acceptors (Lipinski definition) is 9. The Bertz CT molecular complexity index is 1240. The molecule has 0 aliphatic carbocycles. The zero-order valence-corrected chi connectivity index (χ0v) is 20.2. The Kier molecular flexibility index (Phi) is 7.07. The van der Waals surface area contributed by atoms with E-state index in [0.29, 0.717) is 38.4 Å². The van der Waals surface area contributed by atoms with Gasteiger partial charge in [-0.15, -0.1) is 0 Å². The quantitative estimate of drug-likeness (QED) is 0.456. The lowest BCUT2D eigenvalue weighted by molar-refractivity contribution is 0.1000. The smallest absolute Gasteiger partial charge is 0.248 e. The third-order valence-corrected chi connectivity index (χ3v) is 6.94. The molecule has 4 heterocycles. The number of ether oxygens (including phenoxy) is 1. The number of carbonyl (C=O) groups is 1.